The Morgan fingerprint density at radius 1 is 1.32 bits per heavy atom. The largest absolute Gasteiger partial charge is 0.365 e. The first kappa shape index (κ1) is 15.3. The first-order valence-electron chi connectivity index (χ1n) is 7.51. The molecule has 25 heavy (non-hydrogen) atoms. The molecule has 0 saturated heterocycles. The number of primary amides is 1. The molecule has 4 aromatic heterocycles. The summed E-state index contributed by atoms with van der Waals surface area (Å²) >= 11 is 1.30. The Balaban J connectivity index is 1.75. The minimum Gasteiger partial charge on any atom is -0.365 e. The topological polar surface area (TPSA) is 103 Å². The molecule has 0 aromatic carbocycles. The minimum absolute atomic E-state index is 0.429. The molecular formula is C16H15N7OS. The predicted octanol–water partition coefficient (Wildman–Crippen LogP) is 2.34. The zero-order valence-electron chi connectivity index (χ0n) is 13.6. The second kappa shape index (κ2) is 5.71. The molecule has 0 unspecified atom stereocenters. The van der Waals surface area contributed by atoms with Gasteiger partial charge in [-0.3, -0.25) is 13.9 Å². The number of rotatable bonds is 4. The van der Waals surface area contributed by atoms with Crippen molar-refractivity contribution in [2.24, 2.45) is 12.8 Å². The number of nitrogens with two attached hydrogens (primary N) is 1. The Morgan fingerprint density at radius 3 is 2.84 bits per heavy atom. The van der Waals surface area contributed by atoms with Crippen LogP contribution in [0, 0.1) is 6.92 Å². The van der Waals surface area contributed by atoms with Gasteiger partial charge in [0.2, 0.25) is 0 Å². The van der Waals surface area contributed by atoms with Gasteiger partial charge in [0.05, 0.1) is 28.0 Å². The van der Waals surface area contributed by atoms with Crippen LogP contribution in [0.3, 0.4) is 0 Å². The molecule has 4 aromatic rings. The van der Waals surface area contributed by atoms with E-state index in [1.165, 1.54) is 11.3 Å². The maximum Gasteiger partial charge on any atom is 0.259 e. The van der Waals surface area contributed by atoms with Crippen LogP contribution in [0.1, 0.15) is 15.2 Å². The van der Waals surface area contributed by atoms with Crippen molar-refractivity contribution in [3.05, 3.63) is 47.5 Å². The number of hydrogen-bond donors (Lipinski definition) is 2. The lowest BCUT2D eigenvalue weighted by molar-refractivity contribution is 0.100. The summed E-state index contributed by atoms with van der Waals surface area (Å²) in [5.74, 6) is 0.177. The smallest absolute Gasteiger partial charge is 0.259 e. The Kier molecular flexibility index (Phi) is 3.50. The third-order valence-corrected chi connectivity index (χ3v) is 4.98. The van der Waals surface area contributed by atoms with Crippen LogP contribution in [0.5, 0.6) is 0 Å². The zero-order chi connectivity index (χ0) is 17.6. The first-order valence-corrected chi connectivity index (χ1v) is 8.33. The Hall–Kier alpha value is -3.20. The van der Waals surface area contributed by atoms with E-state index in [1.54, 1.807) is 23.3 Å². The van der Waals surface area contributed by atoms with E-state index in [0.29, 0.717) is 16.3 Å². The average Bonchev–Trinajstić information content (AvgIpc) is 3.26. The summed E-state index contributed by atoms with van der Waals surface area (Å²) in [6.45, 7) is 1.85. The third kappa shape index (κ3) is 2.64. The molecule has 4 rings (SSSR count). The van der Waals surface area contributed by atoms with Gasteiger partial charge in [-0.25, -0.2) is 9.97 Å². The molecule has 0 fully saturated rings. The summed E-state index contributed by atoms with van der Waals surface area (Å²) in [5, 5.41) is 8.22. The van der Waals surface area contributed by atoms with Crippen molar-refractivity contribution in [2.75, 3.05) is 5.32 Å². The van der Waals surface area contributed by atoms with Crippen LogP contribution in [-0.2, 0) is 7.05 Å². The number of carbonyl (C=O) groups excluding carboxylic acids is 1. The number of nitrogens with zero attached hydrogens (tertiary/aromatic N) is 5. The molecule has 0 bridgehead atoms. The van der Waals surface area contributed by atoms with Crippen LogP contribution in [-0.4, -0.2) is 30.1 Å². The molecule has 0 atom stereocenters. The number of anilines is 2. The summed E-state index contributed by atoms with van der Waals surface area (Å²) < 4.78 is 3.69. The molecule has 9 heteroatoms. The molecule has 8 nitrogen and oxygen atoms in total. The lowest BCUT2D eigenvalue weighted by atomic mass is 10.3. The number of nitrogens with one attached hydrogen (secondary N) is 1. The normalized spacial score (nSPS) is 11.1. The van der Waals surface area contributed by atoms with Crippen LogP contribution in [0.4, 0.5) is 10.8 Å². The van der Waals surface area contributed by atoms with Gasteiger partial charge in [0.1, 0.15) is 0 Å². The quantitative estimate of drug-likeness (QED) is 0.586. The van der Waals surface area contributed by atoms with Crippen LogP contribution in [0.25, 0.3) is 16.9 Å². The van der Waals surface area contributed by atoms with Crippen LogP contribution in [0.15, 0.2) is 37.1 Å². The predicted molar refractivity (Wildman–Crippen MR) is 96.0 cm³/mol. The third-order valence-electron chi connectivity index (χ3n) is 3.81. The van der Waals surface area contributed by atoms with Crippen LogP contribution in [0.2, 0.25) is 0 Å². The number of aromatic nitrogens is 5. The summed E-state index contributed by atoms with van der Waals surface area (Å²) in [6, 6.07) is 1.88. The lowest BCUT2D eigenvalue weighted by Crippen LogP contribution is -2.09. The molecule has 4 heterocycles. The molecule has 3 N–H and O–H groups in total. The Bertz CT molecular complexity index is 1090. The molecular weight excluding hydrogens is 338 g/mol. The Labute approximate surface area is 146 Å². The highest BCUT2D eigenvalue weighted by atomic mass is 32.1. The van der Waals surface area contributed by atoms with Gasteiger partial charge in [-0.2, -0.15) is 5.10 Å². The first-order chi connectivity index (χ1) is 12.0. The van der Waals surface area contributed by atoms with Gasteiger partial charge in [0.25, 0.3) is 5.91 Å². The molecule has 126 valence electrons. The summed E-state index contributed by atoms with van der Waals surface area (Å²) in [7, 11) is 1.87. The maximum absolute atomic E-state index is 11.4. The molecule has 1 amide bonds. The van der Waals surface area contributed by atoms with Crippen LogP contribution >= 0.6 is 11.3 Å². The van der Waals surface area contributed by atoms with Crippen molar-refractivity contribution < 1.29 is 4.79 Å². The number of carbonyl (C=O) groups is 1. The zero-order valence-corrected chi connectivity index (χ0v) is 14.4. The van der Waals surface area contributed by atoms with E-state index in [0.717, 1.165) is 21.8 Å². The van der Waals surface area contributed by atoms with Gasteiger partial charge in [-0.05, 0) is 18.6 Å². The molecule has 0 saturated carbocycles. The second-order valence-corrected chi connectivity index (χ2v) is 6.68. The highest BCUT2D eigenvalue weighted by molar-refractivity contribution is 7.18. The van der Waals surface area contributed by atoms with E-state index in [1.807, 2.05) is 36.8 Å². The second-order valence-electron chi connectivity index (χ2n) is 5.63. The van der Waals surface area contributed by atoms with Gasteiger partial charge in [0.15, 0.2) is 11.5 Å². The van der Waals surface area contributed by atoms with E-state index in [9.17, 15) is 4.79 Å². The average molecular weight is 353 g/mol. The van der Waals surface area contributed by atoms with Gasteiger partial charge < -0.3 is 11.1 Å². The van der Waals surface area contributed by atoms with E-state index in [4.69, 9.17) is 5.73 Å². The van der Waals surface area contributed by atoms with Crippen molar-refractivity contribution >= 4 is 33.7 Å². The van der Waals surface area contributed by atoms with E-state index >= 15 is 0 Å². The summed E-state index contributed by atoms with van der Waals surface area (Å²) in [6.07, 6.45) is 9.06. The molecule has 0 aliphatic rings. The van der Waals surface area contributed by atoms with E-state index < -0.39 is 5.91 Å². The Morgan fingerprint density at radius 2 is 2.16 bits per heavy atom. The minimum atomic E-state index is -0.429. The number of imidazole rings is 1. The molecule has 0 aliphatic carbocycles. The standard InChI is InChI=1S/C16H15N7OS/c1-9-5-12(25-13(9)14(17)24)21-15-16-19-7-11(23(16)4-3-18-15)10-6-20-22(2)8-10/h3-8H,1-2H3,(H2,17,24)(H,18,21). The highest BCUT2D eigenvalue weighted by Crippen LogP contribution is 2.30. The van der Waals surface area contributed by atoms with Gasteiger partial charge in [-0.15, -0.1) is 11.3 Å². The summed E-state index contributed by atoms with van der Waals surface area (Å²) in [5.41, 5.74) is 8.80. The molecule has 0 spiro atoms. The monoisotopic (exact) mass is 353 g/mol. The molecule has 0 radical (unpaired) electrons. The van der Waals surface area contributed by atoms with Gasteiger partial charge in [-0.1, -0.05) is 0 Å². The van der Waals surface area contributed by atoms with Crippen LogP contribution < -0.4 is 11.1 Å². The van der Waals surface area contributed by atoms with Crippen molar-refractivity contribution in [3.63, 3.8) is 0 Å². The van der Waals surface area contributed by atoms with Crippen molar-refractivity contribution in [1.29, 1.82) is 0 Å². The van der Waals surface area contributed by atoms with Crippen molar-refractivity contribution in [1.82, 2.24) is 24.1 Å². The SMILES string of the molecule is Cc1cc(Nc2nccn3c(-c4cnn(C)c4)cnc23)sc1C(N)=O. The fourth-order valence-corrected chi connectivity index (χ4v) is 3.60. The van der Waals surface area contributed by atoms with Crippen molar-refractivity contribution in [3.8, 4) is 11.3 Å². The number of fused-ring (bicyclic) bond motifs is 1. The van der Waals surface area contributed by atoms with E-state index in [-0.39, 0.29) is 0 Å². The fraction of sp³-hybridized carbons (Fsp3) is 0.125. The number of thiophene rings is 1. The fourth-order valence-electron chi connectivity index (χ4n) is 2.68. The number of amides is 1. The molecule has 0 aliphatic heterocycles. The van der Waals surface area contributed by atoms with Crippen molar-refractivity contribution in [2.45, 2.75) is 6.92 Å². The van der Waals surface area contributed by atoms with Gasteiger partial charge in [0, 0.05) is 31.2 Å². The highest BCUT2D eigenvalue weighted by Gasteiger charge is 2.14. The maximum atomic E-state index is 11.4. The summed E-state index contributed by atoms with van der Waals surface area (Å²) in [4.78, 5) is 20.8. The number of hydrogen-bond acceptors (Lipinski definition) is 6. The number of aryl methyl sites for hydroxylation is 2. The lowest BCUT2D eigenvalue weighted by Gasteiger charge is -2.05. The van der Waals surface area contributed by atoms with E-state index in [2.05, 4.69) is 20.4 Å². The van der Waals surface area contributed by atoms with Gasteiger partial charge >= 0.3 is 0 Å².